The Morgan fingerprint density at radius 1 is 0.857 bits per heavy atom. The van der Waals surface area contributed by atoms with Crippen molar-refractivity contribution < 1.29 is 0 Å². The highest BCUT2D eigenvalue weighted by Gasteiger charge is 2.25. The lowest BCUT2D eigenvalue weighted by molar-refractivity contribution is 0.850. The van der Waals surface area contributed by atoms with E-state index in [0.717, 1.165) is 45.3 Å². The molecule has 2 aromatic heterocycles. The summed E-state index contributed by atoms with van der Waals surface area (Å²) >= 11 is 0. The van der Waals surface area contributed by atoms with Crippen LogP contribution in [0.15, 0.2) is 73.3 Å². The number of rotatable bonds is 2. The molecule has 0 atom stereocenters. The largest absolute Gasteiger partial charge is 0.382 e. The predicted octanol–water partition coefficient (Wildman–Crippen LogP) is 4.00. The van der Waals surface area contributed by atoms with Gasteiger partial charge in [0.15, 0.2) is 0 Å². The standard InChI is InChI=1S/C22H18N6/c1-14-17-9-8-16(18-10-11-21(23)25-24-18)12-20(17)28-22(27(14)2)13-19(26-28)15-6-4-3-5-7-15/h3-13H,1H2,2H3,(H2,23,25). The molecule has 136 valence electrons. The first-order valence-electron chi connectivity index (χ1n) is 8.94. The van der Waals surface area contributed by atoms with E-state index in [4.69, 9.17) is 10.8 Å². The minimum absolute atomic E-state index is 0.401. The molecule has 1 aliphatic heterocycles. The summed E-state index contributed by atoms with van der Waals surface area (Å²) in [6.07, 6.45) is 0. The van der Waals surface area contributed by atoms with Gasteiger partial charge in [0.2, 0.25) is 0 Å². The van der Waals surface area contributed by atoms with Gasteiger partial charge in [0.25, 0.3) is 0 Å². The Kier molecular flexibility index (Phi) is 3.52. The first-order valence-corrected chi connectivity index (χ1v) is 8.94. The number of aromatic nitrogens is 4. The summed E-state index contributed by atoms with van der Waals surface area (Å²) < 4.78 is 1.96. The molecule has 2 aromatic carbocycles. The molecule has 6 nitrogen and oxygen atoms in total. The third kappa shape index (κ3) is 2.46. The SMILES string of the molecule is C=C1c2ccc(-c3ccc(N)nn3)cc2-n2nc(-c3ccccc3)cc2N1C. The third-order valence-corrected chi connectivity index (χ3v) is 5.03. The fourth-order valence-electron chi connectivity index (χ4n) is 3.46. The van der Waals surface area contributed by atoms with Crippen LogP contribution in [0.2, 0.25) is 0 Å². The summed E-state index contributed by atoms with van der Waals surface area (Å²) in [5, 5.41) is 13.0. The molecule has 28 heavy (non-hydrogen) atoms. The Morgan fingerprint density at radius 2 is 1.68 bits per heavy atom. The number of fused-ring (bicyclic) bond motifs is 3. The van der Waals surface area contributed by atoms with Crippen molar-refractivity contribution in [2.75, 3.05) is 17.7 Å². The maximum atomic E-state index is 5.67. The van der Waals surface area contributed by atoms with Gasteiger partial charge in [0.05, 0.1) is 17.1 Å². The lowest BCUT2D eigenvalue weighted by Crippen LogP contribution is -2.24. The highest BCUT2D eigenvalue weighted by atomic mass is 15.4. The van der Waals surface area contributed by atoms with Gasteiger partial charge < -0.3 is 10.6 Å². The quantitative estimate of drug-likeness (QED) is 0.580. The molecule has 0 amide bonds. The van der Waals surface area contributed by atoms with Crippen molar-refractivity contribution in [2.24, 2.45) is 0 Å². The fraction of sp³-hybridized carbons (Fsp3) is 0.0455. The lowest BCUT2D eigenvalue weighted by Gasteiger charge is -2.29. The molecule has 5 rings (SSSR count). The van der Waals surface area contributed by atoms with Crippen LogP contribution in [-0.4, -0.2) is 27.0 Å². The van der Waals surface area contributed by atoms with Crippen LogP contribution in [0.3, 0.4) is 0 Å². The molecule has 0 aliphatic carbocycles. The number of benzene rings is 2. The number of anilines is 2. The summed E-state index contributed by atoms with van der Waals surface area (Å²) in [4.78, 5) is 2.06. The van der Waals surface area contributed by atoms with Crippen molar-refractivity contribution in [1.29, 1.82) is 0 Å². The topological polar surface area (TPSA) is 72.9 Å². The van der Waals surface area contributed by atoms with E-state index < -0.39 is 0 Å². The Morgan fingerprint density at radius 3 is 2.43 bits per heavy atom. The molecular formula is C22H18N6. The molecule has 0 radical (unpaired) electrons. The Bertz CT molecular complexity index is 1190. The van der Waals surface area contributed by atoms with Crippen LogP contribution >= 0.6 is 0 Å². The number of nitrogens with two attached hydrogens (primary N) is 1. The van der Waals surface area contributed by atoms with Gasteiger partial charge in [-0.1, -0.05) is 49.0 Å². The fourth-order valence-corrected chi connectivity index (χ4v) is 3.46. The Hall–Kier alpha value is -3.93. The zero-order valence-electron chi connectivity index (χ0n) is 15.4. The van der Waals surface area contributed by atoms with Crippen LogP contribution < -0.4 is 10.6 Å². The number of hydrogen-bond donors (Lipinski definition) is 1. The van der Waals surface area contributed by atoms with Crippen LogP contribution in [0, 0.1) is 0 Å². The normalized spacial score (nSPS) is 12.6. The average Bonchev–Trinajstić information content (AvgIpc) is 3.19. The van der Waals surface area contributed by atoms with Crippen molar-refractivity contribution in [1.82, 2.24) is 20.0 Å². The molecular weight excluding hydrogens is 348 g/mol. The van der Waals surface area contributed by atoms with E-state index in [9.17, 15) is 0 Å². The first kappa shape index (κ1) is 16.3. The van der Waals surface area contributed by atoms with E-state index in [1.165, 1.54) is 0 Å². The van der Waals surface area contributed by atoms with Gasteiger partial charge in [-0.25, -0.2) is 4.68 Å². The number of nitrogens with zero attached hydrogens (tertiary/aromatic N) is 5. The molecule has 2 N–H and O–H groups in total. The van der Waals surface area contributed by atoms with Gasteiger partial charge in [-0.15, -0.1) is 10.2 Å². The van der Waals surface area contributed by atoms with Gasteiger partial charge in [0, 0.05) is 35.5 Å². The van der Waals surface area contributed by atoms with Gasteiger partial charge in [-0.2, -0.15) is 5.10 Å². The zero-order chi connectivity index (χ0) is 19.3. The third-order valence-electron chi connectivity index (χ3n) is 5.03. The highest BCUT2D eigenvalue weighted by Crippen LogP contribution is 2.39. The van der Waals surface area contributed by atoms with Gasteiger partial charge >= 0.3 is 0 Å². The van der Waals surface area contributed by atoms with Crippen molar-refractivity contribution in [3.63, 3.8) is 0 Å². The van der Waals surface area contributed by atoms with E-state index in [-0.39, 0.29) is 0 Å². The van der Waals surface area contributed by atoms with E-state index in [1.807, 2.05) is 48.1 Å². The zero-order valence-corrected chi connectivity index (χ0v) is 15.4. The molecule has 0 unspecified atom stereocenters. The molecule has 6 heteroatoms. The van der Waals surface area contributed by atoms with Crippen LogP contribution in [0.4, 0.5) is 11.6 Å². The van der Waals surface area contributed by atoms with Gasteiger partial charge in [0.1, 0.15) is 11.6 Å². The molecule has 4 aromatic rings. The summed E-state index contributed by atoms with van der Waals surface area (Å²) in [6, 6.07) is 22.0. The summed E-state index contributed by atoms with van der Waals surface area (Å²) in [5.41, 5.74) is 12.3. The number of hydrogen-bond acceptors (Lipinski definition) is 5. The van der Waals surface area contributed by atoms with Gasteiger partial charge in [-0.3, -0.25) is 0 Å². The maximum Gasteiger partial charge on any atom is 0.146 e. The van der Waals surface area contributed by atoms with Gasteiger partial charge in [-0.05, 0) is 18.2 Å². The van der Waals surface area contributed by atoms with Crippen LogP contribution in [0.25, 0.3) is 33.9 Å². The second-order valence-electron chi connectivity index (χ2n) is 6.75. The molecule has 0 bridgehead atoms. The second-order valence-corrected chi connectivity index (χ2v) is 6.75. The molecule has 3 heterocycles. The lowest BCUT2D eigenvalue weighted by atomic mass is 10.0. The van der Waals surface area contributed by atoms with E-state index in [2.05, 4.69) is 45.9 Å². The summed E-state index contributed by atoms with van der Waals surface area (Å²) in [6.45, 7) is 4.27. The summed E-state index contributed by atoms with van der Waals surface area (Å²) in [5.74, 6) is 1.37. The Balaban J connectivity index is 1.68. The van der Waals surface area contributed by atoms with Crippen molar-refractivity contribution >= 4 is 17.3 Å². The minimum atomic E-state index is 0.401. The van der Waals surface area contributed by atoms with Crippen molar-refractivity contribution in [3.05, 3.63) is 78.9 Å². The van der Waals surface area contributed by atoms with Crippen LogP contribution in [0.5, 0.6) is 0 Å². The monoisotopic (exact) mass is 366 g/mol. The molecule has 0 saturated heterocycles. The highest BCUT2D eigenvalue weighted by molar-refractivity contribution is 5.87. The second kappa shape index (κ2) is 6.06. The van der Waals surface area contributed by atoms with Crippen LogP contribution in [-0.2, 0) is 0 Å². The smallest absolute Gasteiger partial charge is 0.146 e. The maximum absolute atomic E-state index is 5.67. The molecule has 0 spiro atoms. The predicted molar refractivity (Wildman–Crippen MR) is 112 cm³/mol. The van der Waals surface area contributed by atoms with E-state index >= 15 is 0 Å². The molecule has 0 fully saturated rings. The van der Waals surface area contributed by atoms with Crippen LogP contribution in [0.1, 0.15) is 5.56 Å². The van der Waals surface area contributed by atoms with E-state index in [1.54, 1.807) is 6.07 Å². The minimum Gasteiger partial charge on any atom is -0.382 e. The molecule has 0 saturated carbocycles. The molecule has 1 aliphatic rings. The van der Waals surface area contributed by atoms with E-state index in [0.29, 0.717) is 5.82 Å². The summed E-state index contributed by atoms with van der Waals surface area (Å²) in [7, 11) is 2.01. The number of nitrogen functional groups attached to an aromatic ring is 1. The first-order chi connectivity index (χ1) is 13.6. The average molecular weight is 366 g/mol. The van der Waals surface area contributed by atoms with Crippen molar-refractivity contribution in [2.45, 2.75) is 0 Å². The Labute approximate surface area is 162 Å². The van der Waals surface area contributed by atoms with Crippen molar-refractivity contribution in [3.8, 4) is 28.2 Å².